The first kappa shape index (κ1) is 20.1. The fourth-order valence-electron chi connectivity index (χ4n) is 5.17. The van der Waals surface area contributed by atoms with Crippen LogP contribution in [0.25, 0.3) is 16.6 Å². The van der Waals surface area contributed by atoms with E-state index >= 15 is 0 Å². The summed E-state index contributed by atoms with van der Waals surface area (Å²) < 4.78 is 30.0. The first-order chi connectivity index (χ1) is 16.4. The predicted molar refractivity (Wildman–Crippen MR) is 115 cm³/mol. The quantitative estimate of drug-likeness (QED) is 0.496. The lowest BCUT2D eigenvalue weighted by molar-refractivity contribution is 0.0710. The summed E-state index contributed by atoms with van der Waals surface area (Å²) >= 11 is 0. The number of amides is 1. The Morgan fingerprint density at radius 1 is 1.18 bits per heavy atom. The van der Waals surface area contributed by atoms with Gasteiger partial charge in [-0.3, -0.25) is 14.3 Å². The molecule has 1 amide bonds. The molecule has 34 heavy (non-hydrogen) atoms. The van der Waals surface area contributed by atoms with Gasteiger partial charge in [-0.15, -0.1) is 0 Å². The second kappa shape index (κ2) is 6.99. The van der Waals surface area contributed by atoms with Crippen LogP contribution < -0.4 is 5.69 Å². The van der Waals surface area contributed by atoms with Crippen LogP contribution in [0.3, 0.4) is 0 Å². The number of hydrogen-bond donors (Lipinski definition) is 1. The normalized spacial score (nSPS) is 18.3. The molecule has 10 heteroatoms. The Hall–Kier alpha value is -4.52. The van der Waals surface area contributed by atoms with Crippen LogP contribution in [0.4, 0.5) is 8.78 Å². The molecule has 1 fully saturated rings. The molecule has 2 aromatic heterocycles. The number of halogens is 2. The number of aromatic nitrogens is 3. The molecule has 0 radical (unpaired) electrons. The van der Waals surface area contributed by atoms with Crippen molar-refractivity contribution in [2.24, 2.45) is 0 Å². The van der Waals surface area contributed by atoms with Crippen molar-refractivity contribution in [2.45, 2.75) is 18.5 Å². The summed E-state index contributed by atoms with van der Waals surface area (Å²) in [5, 5.41) is 21.1. The Labute approximate surface area is 190 Å². The van der Waals surface area contributed by atoms with Crippen LogP contribution in [0.2, 0.25) is 0 Å². The number of benzene rings is 2. The SMILES string of the molecule is N#Cc1ccc(-n2c(O)c3n(c2=O)C2CC3N(C(=O)c3cc(F)cc(F)c3)C2)c2cccnc12. The van der Waals surface area contributed by atoms with Crippen LogP contribution in [0.1, 0.15) is 40.1 Å². The largest absolute Gasteiger partial charge is 0.493 e. The highest BCUT2D eigenvalue weighted by atomic mass is 19.1. The summed E-state index contributed by atoms with van der Waals surface area (Å²) in [6.07, 6.45) is 1.95. The van der Waals surface area contributed by atoms with Gasteiger partial charge in [0.05, 0.1) is 28.9 Å². The number of nitrogens with zero attached hydrogens (tertiary/aromatic N) is 5. The van der Waals surface area contributed by atoms with Crippen molar-refractivity contribution < 1.29 is 18.7 Å². The Morgan fingerprint density at radius 2 is 1.94 bits per heavy atom. The molecule has 0 saturated carbocycles. The summed E-state index contributed by atoms with van der Waals surface area (Å²) in [7, 11) is 0. The molecule has 2 aliphatic rings. The maximum atomic E-state index is 13.7. The summed E-state index contributed by atoms with van der Waals surface area (Å²) in [4.78, 5) is 32.1. The van der Waals surface area contributed by atoms with Crippen molar-refractivity contribution in [1.29, 1.82) is 5.26 Å². The number of carbonyl (C=O) groups is 1. The van der Waals surface area contributed by atoms with Gasteiger partial charge in [-0.25, -0.2) is 18.1 Å². The molecule has 8 nitrogen and oxygen atoms in total. The number of nitriles is 1. The zero-order valence-electron chi connectivity index (χ0n) is 17.4. The lowest BCUT2D eigenvalue weighted by Crippen LogP contribution is -2.37. The van der Waals surface area contributed by atoms with Gasteiger partial charge in [0, 0.05) is 29.8 Å². The van der Waals surface area contributed by atoms with Crippen molar-refractivity contribution in [3.63, 3.8) is 0 Å². The van der Waals surface area contributed by atoms with Gasteiger partial charge in [-0.1, -0.05) is 0 Å². The van der Waals surface area contributed by atoms with E-state index in [0.717, 1.165) is 16.7 Å². The number of likely N-dealkylation sites (tertiary alicyclic amines) is 1. The van der Waals surface area contributed by atoms with Crippen molar-refractivity contribution in [3.8, 4) is 17.6 Å². The molecular formula is C24H15F2N5O3. The van der Waals surface area contributed by atoms with E-state index in [1.165, 1.54) is 21.7 Å². The minimum absolute atomic E-state index is 0.137. The average molecular weight is 459 g/mol. The maximum absolute atomic E-state index is 13.7. The van der Waals surface area contributed by atoms with Gasteiger partial charge in [-0.05, 0) is 42.8 Å². The topological polar surface area (TPSA) is 104 Å². The summed E-state index contributed by atoms with van der Waals surface area (Å²) in [6, 6.07) is 10.1. The highest BCUT2D eigenvalue weighted by Crippen LogP contribution is 2.49. The Kier molecular flexibility index (Phi) is 4.13. The summed E-state index contributed by atoms with van der Waals surface area (Å²) in [6.45, 7) is 0.174. The van der Waals surface area contributed by atoms with Gasteiger partial charge in [0.2, 0.25) is 5.88 Å². The third-order valence-corrected chi connectivity index (χ3v) is 6.54. The number of imidazole rings is 1. The number of carbonyl (C=O) groups excluding carboxylic acids is 1. The molecule has 4 aromatic rings. The minimum atomic E-state index is -0.861. The fraction of sp³-hybridized carbons (Fsp3) is 0.167. The Bertz CT molecular complexity index is 1610. The van der Waals surface area contributed by atoms with Crippen molar-refractivity contribution >= 4 is 16.8 Å². The van der Waals surface area contributed by atoms with Gasteiger partial charge in [0.15, 0.2) is 0 Å². The van der Waals surface area contributed by atoms with E-state index in [4.69, 9.17) is 0 Å². The molecule has 4 heterocycles. The molecule has 1 N–H and O–H groups in total. The standard InChI is InChI=1S/C24H15F2N5O3/c25-14-6-13(7-15(26)8-14)22(32)29-11-16-9-19(29)21-23(33)31(24(34)30(16)21)18-4-3-12(10-27)20-17(18)2-1-5-28-20/h1-8,16,19,33H,9,11H2. The minimum Gasteiger partial charge on any atom is -0.493 e. The van der Waals surface area contributed by atoms with Gasteiger partial charge in [-0.2, -0.15) is 5.26 Å². The molecule has 0 spiro atoms. The van der Waals surface area contributed by atoms with Crippen LogP contribution in [0.5, 0.6) is 5.88 Å². The molecule has 2 aromatic carbocycles. The van der Waals surface area contributed by atoms with Crippen LogP contribution in [0.15, 0.2) is 53.5 Å². The third-order valence-electron chi connectivity index (χ3n) is 6.54. The fourth-order valence-corrected chi connectivity index (χ4v) is 5.17. The van der Waals surface area contributed by atoms with E-state index in [9.17, 15) is 28.7 Å². The molecule has 2 bridgehead atoms. The molecule has 1 saturated heterocycles. The van der Waals surface area contributed by atoms with E-state index in [0.29, 0.717) is 34.6 Å². The molecule has 2 aliphatic heterocycles. The summed E-state index contributed by atoms with van der Waals surface area (Å²) in [5.41, 5.74) is 0.746. The second-order valence-corrected chi connectivity index (χ2v) is 8.36. The average Bonchev–Trinajstić information content (AvgIpc) is 3.49. The van der Waals surface area contributed by atoms with Gasteiger partial charge >= 0.3 is 5.69 Å². The zero-order valence-corrected chi connectivity index (χ0v) is 17.4. The predicted octanol–water partition coefficient (Wildman–Crippen LogP) is 3.18. The Morgan fingerprint density at radius 3 is 2.68 bits per heavy atom. The van der Waals surface area contributed by atoms with Gasteiger partial charge in [0.1, 0.15) is 23.4 Å². The van der Waals surface area contributed by atoms with E-state index in [1.807, 2.05) is 0 Å². The lowest BCUT2D eigenvalue weighted by Gasteiger charge is -2.27. The first-order valence-corrected chi connectivity index (χ1v) is 10.5. The third kappa shape index (κ3) is 2.64. The van der Waals surface area contributed by atoms with Crippen LogP contribution >= 0.6 is 0 Å². The number of rotatable bonds is 2. The molecular weight excluding hydrogens is 444 g/mol. The smallest absolute Gasteiger partial charge is 0.336 e. The van der Waals surface area contributed by atoms with E-state index in [1.54, 1.807) is 18.2 Å². The van der Waals surface area contributed by atoms with Gasteiger partial charge < -0.3 is 10.0 Å². The number of aromatic hydroxyl groups is 1. The number of fused-ring (bicyclic) bond motifs is 6. The van der Waals surface area contributed by atoms with Gasteiger partial charge in [0.25, 0.3) is 5.91 Å². The molecule has 2 atom stereocenters. The van der Waals surface area contributed by atoms with E-state index in [-0.39, 0.29) is 29.7 Å². The van der Waals surface area contributed by atoms with Crippen molar-refractivity contribution in [3.05, 3.63) is 87.6 Å². The van der Waals surface area contributed by atoms with Crippen LogP contribution in [-0.2, 0) is 0 Å². The molecule has 168 valence electrons. The summed E-state index contributed by atoms with van der Waals surface area (Å²) in [5.74, 6) is -2.63. The zero-order chi connectivity index (χ0) is 23.7. The van der Waals surface area contributed by atoms with E-state index in [2.05, 4.69) is 11.1 Å². The number of pyridine rings is 1. The number of hydrogen-bond acceptors (Lipinski definition) is 5. The molecule has 0 aliphatic carbocycles. The monoisotopic (exact) mass is 459 g/mol. The highest BCUT2D eigenvalue weighted by Gasteiger charge is 2.49. The van der Waals surface area contributed by atoms with Crippen molar-refractivity contribution in [2.75, 3.05) is 6.54 Å². The van der Waals surface area contributed by atoms with E-state index < -0.39 is 29.3 Å². The van der Waals surface area contributed by atoms with Crippen molar-refractivity contribution in [1.82, 2.24) is 19.0 Å². The highest BCUT2D eigenvalue weighted by molar-refractivity contribution is 5.95. The lowest BCUT2D eigenvalue weighted by atomic mass is 10.1. The Balaban J connectivity index is 1.48. The molecule has 2 unspecified atom stereocenters. The first-order valence-electron chi connectivity index (χ1n) is 10.5. The van der Waals surface area contributed by atoms with Crippen LogP contribution in [-0.4, -0.2) is 36.6 Å². The maximum Gasteiger partial charge on any atom is 0.336 e. The van der Waals surface area contributed by atoms with Crippen LogP contribution in [0, 0.1) is 23.0 Å². The second-order valence-electron chi connectivity index (χ2n) is 8.36. The molecule has 6 rings (SSSR count).